The number of amides is 1. The maximum Gasteiger partial charge on any atom is 0.308 e. The minimum absolute atomic E-state index is 0.0692. The molecular formula is C19H19NO3. The molecule has 1 fully saturated rings. The fourth-order valence-corrected chi connectivity index (χ4v) is 3.02. The summed E-state index contributed by atoms with van der Waals surface area (Å²) in [7, 11) is 0. The number of aliphatic carboxylic acids is 1. The largest absolute Gasteiger partial charge is 0.481 e. The van der Waals surface area contributed by atoms with Gasteiger partial charge in [0.2, 0.25) is 0 Å². The monoisotopic (exact) mass is 309 g/mol. The van der Waals surface area contributed by atoms with Crippen molar-refractivity contribution in [3.8, 4) is 0 Å². The Morgan fingerprint density at radius 2 is 1.74 bits per heavy atom. The summed E-state index contributed by atoms with van der Waals surface area (Å²) in [4.78, 5) is 25.5. The molecule has 1 unspecified atom stereocenters. The lowest BCUT2D eigenvalue weighted by molar-refractivity contribution is -0.141. The van der Waals surface area contributed by atoms with E-state index in [4.69, 9.17) is 5.11 Å². The standard InChI is InChI=1S/C19H19NO3/c21-18(20-11-10-16(13-20)19(22)23)17-9-5-4-8-15(17)12-14-6-2-1-3-7-14/h1-9,16H,10-13H2,(H,22,23). The molecule has 1 atom stereocenters. The molecule has 4 nitrogen and oxygen atoms in total. The average molecular weight is 309 g/mol. The molecule has 0 aromatic heterocycles. The molecule has 0 bridgehead atoms. The van der Waals surface area contributed by atoms with Crippen molar-refractivity contribution in [3.63, 3.8) is 0 Å². The van der Waals surface area contributed by atoms with Crippen molar-refractivity contribution in [2.45, 2.75) is 12.8 Å². The van der Waals surface area contributed by atoms with Crippen LogP contribution in [-0.4, -0.2) is 35.0 Å². The van der Waals surface area contributed by atoms with Gasteiger partial charge in [0.05, 0.1) is 5.92 Å². The Kier molecular flexibility index (Phi) is 4.42. The molecule has 23 heavy (non-hydrogen) atoms. The smallest absolute Gasteiger partial charge is 0.308 e. The van der Waals surface area contributed by atoms with Crippen LogP contribution >= 0.6 is 0 Å². The molecule has 1 amide bonds. The first-order valence-electron chi connectivity index (χ1n) is 7.79. The number of nitrogens with zero attached hydrogens (tertiary/aromatic N) is 1. The predicted molar refractivity (Wildman–Crippen MR) is 87.3 cm³/mol. The summed E-state index contributed by atoms with van der Waals surface area (Å²) in [5.41, 5.74) is 2.79. The molecule has 2 aromatic carbocycles. The van der Waals surface area contributed by atoms with Crippen LogP contribution in [-0.2, 0) is 11.2 Å². The van der Waals surface area contributed by atoms with Gasteiger partial charge in [0.15, 0.2) is 0 Å². The third-order valence-corrected chi connectivity index (χ3v) is 4.31. The summed E-state index contributed by atoms with van der Waals surface area (Å²) >= 11 is 0. The van der Waals surface area contributed by atoms with Crippen molar-refractivity contribution in [3.05, 3.63) is 71.3 Å². The summed E-state index contributed by atoms with van der Waals surface area (Å²) in [5.74, 6) is -1.33. The van der Waals surface area contributed by atoms with Crippen LogP contribution in [0.4, 0.5) is 0 Å². The van der Waals surface area contributed by atoms with Crippen molar-refractivity contribution in [2.75, 3.05) is 13.1 Å². The second-order valence-electron chi connectivity index (χ2n) is 5.89. The summed E-state index contributed by atoms with van der Waals surface area (Å²) in [6.45, 7) is 0.809. The van der Waals surface area contributed by atoms with E-state index in [1.807, 2.05) is 54.6 Å². The van der Waals surface area contributed by atoms with E-state index in [0.29, 0.717) is 31.5 Å². The van der Waals surface area contributed by atoms with Gasteiger partial charge in [-0.25, -0.2) is 0 Å². The quantitative estimate of drug-likeness (QED) is 0.945. The van der Waals surface area contributed by atoms with E-state index in [0.717, 1.165) is 11.1 Å². The van der Waals surface area contributed by atoms with Crippen LogP contribution in [0.1, 0.15) is 27.9 Å². The number of carboxylic acids is 1. The molecule has 3 rings (SSSR count). The number of hydrogen-bond acceptors (Lipinski definition) is 2. The van der Waals surface area contributed by atoms with Crippen LogP contribution < -0.4 is 0 Å². The fourth-order valence-electron chi connectivity index (χ4n) is 3.02. The zero-order valence-corrected chi connectivity index (χ0v) is 12.8. The number of likely N-dealkylation sites (tertiary alicyclic amines) is 1. The number of carbonyl (C=O) groups is 2. The van der Waals surface area contributed by atoms with E-state index in [1.54, 1.807) is 4.90 Å². The average Bonchev–Trinajstić information content (AvgIpc) is 3.06. The lowest BCUT2D eigenvalue weighted by Gasteiger charge is -2.18. The van der Waals surface area contributed by atoms with Gasteiger partial charge in [0.1, 0.15) is 0 Å². The third kappa shape index (κ3) is 3.42. The van der Waals surface area contributed by atoms with Crippen LogP contribution in [0.5, 0.6) is 0 Å². The zero-order valence-electron chi connectivity index (χ0n) is 12.8. The van der Waals surface area contributed by atoms with Crippen LogP contribution in [0.15, 0.2) is 54.6 Å². The summed E-state index contributed by atoms with van der Waals surface area (Å²) in [6.07, 6.45) is 1.22. The second kappa shape index (κ2) is 6.65. The first-order chi connectivity index (χ1) is 11.1. The minimum Gasteiger partial charge on any atom is -0.481 e. The van der Waals surface area contributed by atoms with Gasteiger partial charge >= 0.3 is 5.97 Å². The van der Waals surface area contributed by atoms with Crippen molar-refractivity contribution in [1.29, 1.82) is 0 Å². The molecule has 1 aliphatic heterocycles. The Labute approximate surface area is 135 Å². The van der Waals surface area contributed by atoms with Crippen molar-refractivity contribution < 1.29 is 14.7 Å². The SMILES string of the molecule is O=C(O)C1CCN(C(=O)c2ccccc2Cc2ccccc2)C1. The normalized spacial score (nSPS) is 17.2. The number of hydrogen-bond donors (Lipinski definition) is 1. The molecule has 0 spiro atoms. The van der Waals surface area contributed by atoms with E-state index < -0.39 is 11.9 Å². The Morgan fingerprint density at radius 3 is 2.43 bits per heavy atom. The van der Waals surface area contributed by atoms with Gasteiger partial charge in [-0.3, -0.25) is 9.59 Å². The van der Waals surface area contributed by atoms with Crippen molar-refractivity contribution in [2.24, 2.45) is 5.92 Å². The van der Waals surface area contributed by atoms with Gasteiger partial charge in [0, 0.05) is 18.7 Å². The molecular weight excluding hydrogens is 290 g/mol. The molecule has 0 aliphatic carbocycles. The number of carboxylic acid groups (broad SMARTS) is 1. The number of carbonyl (C=O) groups excluding carboxylic acids is 1. The zero-order chi connectivity index (χ0) is 16.2. The maximum absolute atomic E-state index is 12.8. The van der Waals surface area contributed by atoms with Gasteiger partial charge in [-0.05, 0) is 30.0 Å². The first kappa shape index (κ1) is 15.3. The molecule has 118 valence electrons. The molecule has 0 radical (unpaired) electrons. The summed E-state index contributed by atoms with van der Waals surface area (Å²) < 4.78 is 0. The molecule has 1 N–H and O–H groups in total. The first-order valence-corrected chi connectivity index (χ1v) is 7.79. The molecule has 4 heteroatoms. The van der Waals surface area contributed by atoms with Gasteiger partial charge in [-0.15, -0.1) is 0 Å². The van der Waals surface area contributed by atoms with Crippen molar-refractivity contribution in [1.82, 2.24) is 4.90 Å². The van der Waals surface area contributed by atoms with Gasteiger partial charge in [-0.1, -0.05) is 48.5 Å². The fraction of sp³-hybridized carbons (Fsp3) is 0.263. The molecule has 1 saturated heterocycles. The molecule has 2 aromatic rings. The Morgan fingerprint density at radius 1 is 1.04 bits per heavy atom. The lowest BCUT2D eigenvalue weighted by Crippen LogP contribution is -2.30. The number of rotatable bonds is 4. The highest BCUT2D eigenvalue weighted by atomic mass is 16.4. The highest BCUT2D eigenvalue weighted by Gasteiger charge is 2.31. The Bertz CT molecular complexity index is 712. The summed E-state index contributed by atoms with van der Waals surface area (Å²) in [5, 5.41) is 9.09. The highest BCUT2D eigenvalue weighted by Crippen LogP contribution is 2.22. The van der Waals surface area contributed by atoms with Crippen molar-refractivity contribution >= 4 is 11.9 Å². The van der Waals surface area contributed by atoms with E-state index in [-0.39, 0.29) is 5.91 Å². The predicted octanol–water partition coefficient (Wildman–Crippen LogP) is 2.82. The molecule has 0 saturated carbocycles. The van der Waals surface area contributed by atoms with Gasteiger partial charge in [-0.2, -0.15) is 0 Å². The minimum atomic E-state index is -0.821. The highest BCUT2D eigenvalue weighted by molar-refractivity contribution is 5.96. The third-order valence-electron chi connectivity index (χ3n) is 4.31. The molecule has 1 aliphatic rings. The summed E-state index contributed by atoms with van der Waals surface area (Å²) in [6, 6.07) is 17.6. The topological polar surface area (TPSA) is 57.6 Å². The maximum atomic E-state index is 12.8. The van der Waals surface area contributed by atoms with E-state index in [9.17, 15) is 9.59 Å². The van der Waals surface area contributed by atoms with Crippen LogP contribution in [0.25, 0.3) is 0 Å². The van der Waals surface area contributed by atoms with E-state index >= 15 is 0 Å². The van der Waals surface area contributed by atoms with Crippen LogP contribution in [0.3, 0.4) is 0 Å². The second-order valence-corrected chi connectivity index (χ2v) is 5.89. The van der Waals surface area contributed by atoms with Crippen LogP contribution in [0, 0.1) is 5.92 Å². The van der Waals surface area contributed by atoms with E-state index in [1.165, 1.54) is 0 Å². The Hall–Kier alpha value is -2.62. The van der Waals surface area contributed by atoms with Gasteiger partial charge in [0.25, 0.3) is 5.91 Å². The van der Waals surface area contributed by atoms with E-state index in [2.05, 4.69) is 0 Å². The lowest BCUT2D eigenvalue weighted by atomic mass is 9.99. The Balaban J connectivity index is 1.80. The van der Waals surface area contributed by atoms with Gasteiger partial charge < -0.3 is 10.0 Å². The number of benzene rings is 2. The molecule has 1 heterocycles. The van der Waals surface area contributed by atoms with Crippen LogP contribution in [0.2, 0.25) is 0 Å².